The first-order chi connectivity index (χ1) is 14.0. The van der Waals surface area contributed by atoms with Crippen LogP contribution in [0, 0.1) is 5.92 Å². The fourth-order valence-corrected chi connectivity index (χ4v) is 4.35. The summed E-state index contributed by atoms with van der Waals surface area (Å²) in [6, 6.07) is 14.0. The van der Waals surface area contributed by atoms with Crippen LogP contribution in [0.1, 0.15) is 28.8 Å². The van der Waals surface area contributed by atoms with Crippen LogP contribution in [0.15, 0.2) is 48.7 Å². The number of nitrogens with two attached hydrogens (primary N) is 1. The van der Waals surface area contributed by atoms with Crippen molar-refractivity contribution in [3.63, 3.8) is 0 Å². The molecule has 2 aromatic carbocycles. The molecule has 0 unspecified atom stereocenters. The number of fused-ring (bicyclic) bond motifs is 1. The number of benzene rings is 2. The van der Waals surface area contributed by atoms with Crippen LogP contribution in [0.25, 0.3) is 16.6 Å². The molecule has 2 heterocycles. The second-order valence-electron chi connectivity index (χ2n) is 8.35. The predicted octanol–water partition coefficient (Wildman–Crippen LogP) is 2.90. The predicted molar refractivity (Wildman–Crippen MR) is 116 cm³/mol. The van der Waals surface area contributed by atoms with Crippen molar-refractivity contribution in [1.29, 1.82) is 0 Å². The van der Waals surface area contributed by atoms with Crippen molar-refractivity contribution < 1.29 is 4.79 Å². The van der Waals surface area contributed by atoms with E-state index in [0.717, 1.165) is 30.1 Å². The maximum absolute atomic E-state index is 11.6. The molecule has 1 aromatic heterocycles. The fraction of sp³-hybridized carbons (Fsp3) is 0.391. The van der Waals surface area contributed by atoms with Crippen molar-refractivity contribution in [3.05, 3.63) is 59.8 Å². The molecule has 1 amide bonds. The van der Waals surface area contributed by atoms with Crippen LogP contribution in [0.3, 0.4) is 0 Å². The summed E-state index contributed by atoms with van der Waals surface area (Å²) in [5.41, 5.74) is 8.86. The minimum absolute atomic E-state index is 0.453. The molecule has 0 spiro atoms. The molecular weight excluding hydrogens is 362 g/mol. The summed E-state index contributed by atoms with van der Waals surface area (Å²) in [5.74, 6) is 0.305. The zero-order valence-corrected chi connectivity index (χ0v) is 17.2. The Morgan fingerprint density at radius 1 is 1.21 bits per heavy atom. The molecule has 4 rings (SSSR count). The Hall–Kier alpha value is -2.70. The first kappa shape index (κ1) is 19.6. The number of hydrogen-bond acceptors (Lipinski definition) is 4. The standard InChI is InChI=1S/C23H29N5O/c1-26(2)13-18-5-4-12-27(15-18)14-17-8-10-20(11-9-17)28-16-19-6-3-7-21(23(24)29)22(19)25-28/h3,6-11,16,18H,4-5,12-15H2,1-2H3,(H2,24,29)/t18-/m0/s1. The number of aromatic nitrogens is 2. The maximum Gasteiger partial charge on any atom is 0.250 e. The molecule has 0 radical (unpaired) electrons. The summed E-state index contributed by atoms with van der Waals surface area (Å²) in [7, 11) is 4.31. The summed E-state index contributed by atoms with van der Waals surface area (Å²) >= 11 is 0. The highest BCUT2D eigenvalue weighted by atomic mass is 16.1. The molecule has 1 atom stereocenters. The van der Waals surface area contributed by atoms with Gasteiger partial charge in [0.05, 0.1) is 11.3 Å². The van der Waals surface area contributed by atoms with E-state index in [-0.39, 0.29) is 0 Å². The second kappa shape index (κ2) is 8.35. The van der Waals surface area contributed by atoms with Gasteiger partial charge in [0.2, 0.25) is 0 Å². The Morgan fingerprint density at radius 3 is 2.72 bits per heavy atom. The van der Waals surface area contributed by atoms with Crippen molar-refractivity contribution in [2.24, 2.45) is 11.7 Å². The van der Waals surface area contributed by atoms with E-state index in [2.05, 4.69) is 53.3 Å². The number of primary amides is 1. The van der Waals surface area contributed by atoms with Gasteiger partial charge < -0.3 is 10.6 Å². The summed E-state index contributed by atoms with van der Waals surface area (Å²) in [6.45, 7) is 4.49. The van der Waals surface area contributed by atoms with Gasteiger partial charge in [-0.1, -0.05) is 24.3 Å². The van der Waals surface area contributed by atoms with Crippen molar-refractivity contribution in [1.82, 2.24) is 19.6 Å². The third kappa shape index (κ3) is 4.49. The summed E-state index contributed by atoms with van der Waals surface area (Å²) in [4.78, 5) is 16.5. The van der Waals surface area contributed by atoms with Gasteiger partial charge in [-0.3, -0.25) is 9.69 Å². The summed E-state index contributed by atoms with van der Waals surface area (Å²) in [6.07, 6.45) is 4.54. The van der Waals surface area contributed by atoms with Gasteiger partial charge in [0.25, 0.3) is 5.91 Å². The molecule has 0 saturated carbocycles. The zero-order valence-electron chi connectivity index (χ0n) is 17.2. The molecular formula is C23H29N5O. The first-order valence-corrected chi connectivity index (χ1v) is 10.2. The fourth-order valence-electron chi connectivity index (χ4n) is 4.35. The van der Waals surface area contributed by atoms with Gasteiger partial charge in [-0.15, -0.1) is 0 Å². The molecule has 1 saturated heterocycles. The van der Waals surface area contributed by atoms with Gasteiger partial charge in [0, 0.05) is 31.2 Å². The number of hydrogen-bond donors (Lipinski definition) is 1. The van der Waals surface area contributed by atoms with Crippen LogP contribution >= 0.6 is 0 Å². The summed E-state index contributed by atoms with van der Waals surface area (Å²) in [5, 5.41) is 5.50. The number of amides is 1. The lowest BCUT2D eigenvalue weighted by atomic mass is 9.97. The molecule has 152 valence electrons. The molecule has 0 aliphatic carbocycles. The molecule has 6 nitrogen and oxygen atoms in total. The van der Waals surface area contributed by atoms with Gasteiger partial charge in [0.1, 0.15) is 5.52 Å². The SMILES string of the molecule is CN(C)C[C@@H]1CCCN(Cc2ccc(-n3cc4cccc(C(N)=O)c4n3)cc2)C1. The summed E-state index contributed by atoms with van der Waals surface area (Å²) < 4.78 is 1.81. The Balaban J connectivity index is 1.47. The van der Waals surface area contributed by atoms with Crippen LogP contribution in [0.4, 0.5) is 0 Å². The third-order valence-corrected chi connectivity index (χ3v) is 5.64. The molecule has 2 N–H and O–H groups in total. The molecule has 1 aliphatic heterocycles. The largest absolute Gasteiger partial charge is 0.366 e. The molecule has 1 fully saturated rings. The van der Waals surface area contributed by atoms with Gasteiger partial charge in [-0.2, -0.15) is 5.10 Å². The Bertz CT molecular complexity index is 992. The molecule has 3 aromatic rings. The van der Waals surface area contributed by atoms with E-state index >= 15 is 0 Å². The van der Waals surface area contributed by atoms with E-state index in [0.29, 0.717) is 11.1 Å². The maximum atomic E-state index is 11.6. The van der Waals surface area contributed by atoms with Crippen molar-refractivity contribution in [2.45, 2.75) is 19.4 Å². The molecule has 1 aliphatic rings. The van der Waals surface area contributed by atoms with E-state index in [4.69, 9.17) is 5.73 Å². The van der Waals surface area contributed by atoms with E-state index in [1.54, 1.807) is 6.07 Å². The number of piperidine rings is 1. The number of carbonyl (C=O) groups excluding carboxylic acids is 1. The monoisotopic (exact) mass is 391 g/mol. The van der Waals surface area contributed by atoms with Gasteiger partial charge >= 0.3 is 0 Å². The Kier molecular flexibility index (Phi) is 5.65. The lowest BCUT2D eigenvalue weighted by Gasteiger charge is -2.34. The average molecular weight is 392 g/mol. The normalized spacial score (nSPS) is 17.8. The Morgan fingerprint density at radius 2 is 2.00 bits per heavy atom. The van der Waals surface area contributed by atoms with Gasteiger partial charge in [0.15, 0.2) is 0 Å². The Labute approximate surface area is 171 Å². The van der Waals surface area contributed by atoms with Crippen LogP contribution in [-0.4, -0.2) is 59.2 Å². The average Bonchev–Trinajstić information content (AvgIpc) is 3.12. The zero-order chi connectivity index (χ0) is 20.4. The lowest BCUT2D eigenvalue weighted by Crippen LogP contribution is -2.38. The van der Waals surface area contributed by atoms with E-state index in [1.165, 1.54) is 31.5 Å². The number of carbonyl (C=O) groups is 1. The highest BCUT2D eigenvalue weighted by molar-refractivity contribution is 6.04. The van der Waals surface area contributed by atoms with Crippen molar-refractivity contribution in [2.75, 3.05) is 33.7 Å². The number of likely N-dealkylation sites (tertiary alicyclic amines) is 1. The second-order valence-corrected chi connectivity index (χ2v) is 8.35. The highest BCUT2D eigenvalue weighted by Crippen LogP contribution is 2.22. The lowest BCUT2D eigenvalue weighted by molar-refractivity contribution is 0.100. The quantitative estimate of drug-likeness (QED) is 0.702. The highest BCUT2D eigenvalue weighted by Gasteiger charge is 2.20. The molecule has 29 heavy (non-hydrogen) atoms. The van der Waals surface area contributed by atoms with Crippen LogP contribution < -0.4 is 5.73 Å². The van der Waals surface area contributed by atoms with Crippen LogP contribution in [0.5, 0.6) is 0 Å². The first-order valence-electron chi connectivity index (χ1n) is 10.2. The minimum Gasteiger partial charge on any atom is -0.366 e. The number of rotatable bonds is 6. The van der Waals surface area contributed by atoms with Crippen molar-refractivity contribution >= 4 is 16.8 Å². The minimum atomic E-state index is -0.453. The van der Waals surface area contributed by atoms with Crippen LogP contribution in [0.2, 0.25) is 0 Å². The molecule has 6 heteroatoms. The van der Waals surface area contributed by atoms with Crippen molar-refractivity contribution in [3.8, 4) is 5.69 Å². The molecule has 0 bridgehead atoms. The van der Waals surface area contributed by atoms with E-state index in [1.807, 2.05) is 23.0 Å². The van der Waals surface area contributed by atoms with Crippen LogP contribution in [-0.2, 0) is 6.54 Å². The van der Waals surface area contributed by atoms with Gasteiger partial charge in [-0.05, 0) is 63.2 Å². The van der Waals surface area contributed by atoms with E-state index in [9.17, 15) is 4.79 Å². The third-order valence-electron chi connectivity index (χ3n) is 5.64. The smallest absolute Gasteiger partial charge is 0.250 e. The topological polar surface area (TPSA) is 67.4 Å². The number of nitrogens with zero attached hydrogens (tertiary/aromatic N) is 4. The van der Waals surface area contributed by atoms with E-state index < -0.39 is 5.91 Å². The van der Waals surface area contributed by atoms with Gasteiger partial charge in [-0.25, -0.2) is 4.68 Å².